The summed E-state index contributed by atoms with van der Waals surface area (Å²) in [5.74, 6) is 2.17. The predicted octanol–water partition coefficient (Wildman–Crippen LogP) is 5.26. The molecule has 0 aliphatic heterocycles. The summed E-state index contributed by atoms with van der Waals surface area (Å²) in [5.41, 5.74) is 2.11. The van der Waals surface area contributed by atoms with Crippen molar-refractivity contribution in [3.8, 4) is 11.4 Å². The molecule has 1 heterocycles. The third-order valence-corrected chi connectivity index (χ3v) is 4.84. The van der Waals surface area contributed by atoms with Gasteiger partial charge in [0.05, 0.1) is 0 Å². The van der Waals surface area contributed by atoms with E-state index in [2.05, 4.69) is 32.3 Å². The highest BCUT2D eigenvalue weighted by Crippen LogP contribution is 2.36. The molecule has 1 aromatic heterocycles. The third kappa shape index (κ3) is 3.22. The van der Waals surface area contributed by atoms with Gasteiger partial charge in [-0.2, -0.15) is 0 Å². The summed E-state index contributed by atoms with van der Waals surface area (Å²) in [6, 6.07) is 7.77. The Hall–Kier alpha value is -1.13. The van der Waals surface area contributed by atoms with Crippen LogP contribution in [0.2, 0.25) is 5.02 Å². The fourth-order valence-corrected chi connectivity index (χ4v) is 3.68. The zero-order chi connectivity index (χ0) is 14.8. The molecule has 0 amide bonds. The Morgan fingerprint density at radius 1 is 1.19 bits per heavy atom. The molecule has 110 valence electrons. The number of nitrogens with zero attached hydrogens (tertiary/aromatic N) is 2. The van der Waals surface area contributed by atoms with E-state index in [-0.39, 0.29) is 0 Å². The van der Waals surface area contributed by atoms with Crippen molar-refractivity contribution in [2.24, 2.45) is 0 Å². The standard InChI is InChI=1S/C16H17BrClN3/c1-19-15-9-14(10-4-2-3-5-10)20-16(21-15)12-7-6-11(18)8-13(12)17/h6-10H,2-5H2,1H3,(H,19,20,21). The van der Waals surface area contributed by atoms with Crippen LogP contribution in [0.25, 0.3) is 11.4 Å². The van der Waals surface area contributed by atoms with Crippen LogP contribution in [0.3, 0.4) is 0 Å². The second kappa shape index (κ2) is 6.32. The van der Waals surface area contributed by atoms with Gasteiger partial charge in [-0.05, 0) is 47.0 Å². The van der Waals surface area contributed by atoms with Crippen LogP contribution in [0.15, 0.2) is 28.7 Å². The number of hydrogen-bond donors (Lipinski definition) is 1. The first kappa shape index (κ1) is 14.8. The van der Waals surface area contributed by atoms with Gasteiger partial charge in [0.2, 0.25) is 0 Å². The van der Waals surface area contributed by atoms with Gasteiger partial charge in [-0.25, -0.2) is 9.97 Å². The molecule has 0 saturated heterocycles. The number of benzene rings is 1. The minimum absolute atomic E-state index is 0.560. The Morgan fingerprint density at radius 3 is 2.62 bits per heavy atom. The van der Waals surface area contributed by atoms with Crippen LogP contribution in [0.5, 0.6) is 0 Å². The average Bonchev–Trinajstić information content (AvgIpc) is 3.01. The van der Waals surface area contributed by atoms with E-state index in [0.29, 0.717) is 10.9 Å². The first-order valence-corrected chi connectivity index (χ1v) is 8.36. The van der Waals surface area contributed by atoms with Gasteiger partial charge in [0, 0.05) is 39.8 Å². The van der Waals surface area contributed by atoms with Crippen molar-refractivity contribution in [3.63, 3.8) is 0 Å². The molecule has 1 saturated carbocycles. The molecule has 1 aliphatic rings. The lowest BCUT2D eigenvalue weighted by molar-refractivity contribution is 0.696. The molecule has 0 bridgehead atoms. The van der Waals surface area contributed by atoms with E-state index in [1.165, 1.54) is 25.7 Å². The molecular formula is C16H17BrClN3. The van der Waals surface area contributed by atoms with Gasteiger partial charge in [-0.15, -0.1) is 0 Å². The monoisotopic (exact) mass is 365 g/mol. The Balaban J connectivity index is 2.06. The number of aromatic nitrogens is 2. The van der Waals surface area contributed by atoms with Crippen molar-refractivity contribution in [1.82, 2.24) is 9.97 Å². The number of rotatable bonds is 3. The van der Waals surface area contributed by atoms with Gasteiger partial charge < -0.3 is 5.32 Å². The minimum atomic E-state index is 0.560. The highest BCUT2D eigenvalue weighted by atomic mass is 79.9. The van der Waals surface area contributed by atoms with Gasteiger partial charge in [0.1, 0.15) is 5.82 Å². The minimum Gasteiger partial charge on any atom is -0.373 e. The maximum absolute atomic E-state index is 6.01. The van der Waals surface area contributed by atoms with E-state index in [9.17, 15) is 0 Å². The summed E-state index contributed by atoms with van der Waals surface area (Å²) in [5, 5.41) is 3.84. The zero-order valence-corrected chi connectivity index (χ0v) is 14.2. The van der Waals surface area contributed by atoms with Crippen LogP contribution in [0, 0.1) is 0 Å². The van der Waals surface area contributed by atoms with E-state index in [4.69, 9.17) is 16.6 Å². The van der Waals surface area contributed by atoms with Crippen LogP contribution in [0.4, 0.5) is 5.82 Å². The van der Waals surface area contributed by atoms with Gasteiger partial charge in [-0.1, -0.05) is 24.4 Å². The summed E-state index contributed by atoms with van der Waals surface area (Å²) >= 11 is 9.57. The topological polar surface area (TPSA) is 37.8 Å². The Labute approximate surface area is 138 Å². The van der Waals surface area contributed by atoms with Crippen LogP contribution >= 0.6 is 27.5 Å². The molecule has 0 atom stereocenters. The number of anilines is 1. The number of nitrogens with one attached hydrogen (secondary N) is 1. The first-order valence-electron chi connectivity index (χ1n) is 7.19. The third-order valence-electron chi connectivity index (χ3n) is 3.95. The molecule has 1 N–H and O–H groups in total. The lowest BCUT2D eigenvalue weighted by Crippen LogP contribution is -2.04. The largest absolute Gasteiger partial charge is 0.373 e. The van der Waals surface area contributed by atoms with Crippen molar-refractivity contribution in [2.75, 3.05) is 12.4 Å². The molecule has 0 radical (unpaired) electrons. The van der Waals surface area contributed by atoms with E-state index in [0.717, 1.165) is 27.4 Å². The van der Waals surface area contributed by atoms with Crippen LogP contribution in [0.1, 0.15) is 37.3 Å². The van der Waals surface area contributed by atoms with Crippen molar-refractivity contribution >= 4 is 33.3 Å². The molecule has 5 heteroatoms. The molecule has 0 spiro atoms. The van der Waals surface area contributed by atoms with E-state index in [1.54, 1.807) is 0 Å². The van der Waals surface area contributed by atoms with Crippen LogP contribution in [-0.4, -0.2) is 17.0 Å². The van der Waals surface area contributed by atoms with E-state index in [1.807, 2.05) is 25.2 Å². The molecule has 21 heavy (non-hydrogen) atoms. The Morgan fingerprint density at radius 2 is 1.95 bits per heavy atom. The fraction of sp³-hybridized carbons (Fsp3) is 0.375. The van der Waals surface area contributed by atoms with E-state index >= 15 is 0 Å². The second-order valence-electron chi connectivity index (χ2n) is 5.36. The highest BCUT2D eigenvalue weighted by molar-refractivity contribution is 9.10. The number of halogens is 2. The molecular weight excluding hydrogens is 350 g/mol. The highest BCUT2D eigenvalue weighted by Gasteiger charge is 2.20. The Bertz CT molecular complexity index is 654. The summed E-state index contributed by atoms with van der Waals surface area (Å²) in [6.45, 7) is 0. The SMILES string of the molecule is CNc1cc(C2CCCC2)nc(-c2ccc(Cl)cc2Br)n1. The summed E-state index contributed by atoms with van der Waals surface area (Å²) in [7, 11) is 1.89. The molecule has 1 aromatic carbocycles. The predicted molar refractivity (Wildman–Crippen MR) is 90.9 cm³/mol. The molecule has 3 nitrogen and oxygen atoms in total. The van der Waals surface area contributed by atoms with Gasteiger partial charge in [-0.3, -0.25) is 0 Å². The zero-order valence-electron chi connectivity index (χ0n) is 11.9. The second-order valence-corrected chi connectivity index (χ2v) is 6.65. The molecule has 1 aliphatic carbocycles. The van der Waals surface area contributed by atoms with Crippen molar-refractivity contribution in [2.45, 2.75) is 31.6 Å². The molecule has 3 rings (SSSR count). The smallest absolute Gasteiger partial charge is 0.162 e. The molecule has 1 fully saturated rings. The van der Waals surface area contributed by atoms with Crippen molar-refractivity contribution < 1.29 is 0 Å². The molecule has 0 unspecified atom stereocenters. The molecule has 2 aromatic rings. The maximum atomic E-state index is 6.01. The van der Waals surface area contributed by atoms with Gasteiger partial charge in [0.15, 0.2) is 5.82 Å². The lowest BCUT2D eigenvalue weighted by atomic mass is 10.0. The van der Waals surface area contributed by atoms with Gasteiger partial charge in [0.25, 0.3) is 0 Å². The fourth-order valence-electron chi connectivity index (χ4n) is 2.82. The summed E-state index contributed by atoms with van der Waals surface area (Å²) in [4.78, 5) is 9.39. The average molecular weight is 367 g/mol. The summed E-state index contributed by atoms with van der Waals surface area (Å²) in [6.07, 6.45) is 5.04. The van der Waals surface area contributed by atoms with Crippen LogP contribution in [-0.2, 0) is 0 Å². The van der Waals surface area contributed by atoms with E-state index < -0.39 is 0 Å². The lowest BCUT2D eigenvalue weighted by Gasteiger charge is -2.13. The van der Waals surface area contributed by atoms with Crippen molar-refractivity contribution in [3.05, 3.63) is 39.5 Å². The maximum Gasteiger partial charge on any atom is 0.162 e. The summed E-state index contributed by atoms with van der Waals surface area (Å²) < 4.78 is 0.917. The van der Waals surface area contributed by atoms with Crippen molar-refractivity contribution in [1.29, 1.82) is 0 Å². The van der Waals surface area contributed by atoms with Crippen LogP contribution < -0.4 is 5.32 Å². The quantitative estimate of drug-likeness (QED) is 0.805. The Kier molecular flexibility index (Phi) is 4.45. The first-order chi connectivity index (χ1) is 10.2. The van der Waals surface area contributed by atoms with Gasteiger partial charge >= 0.3 is 0 Å². The normalized spacial score (nSPS) is 15.4. The number of hydrogen-bond acceptors (Lipinski definition) is 3.